The van der Waals surface area contributed by atoms with Crippen molar-refractivity contribution in [2.24, 2.45) is 4.99 Å². The van der Waals surface area contributed by atoms with Gasteiger partial charge in [-0.25, -0.2) is 4.99 Å². The molecule has 0 saturated carbocycles. The highest BCUT2D eigenvalue weighted by atomic mass is 14.8. The van der Waals surface area contributed by atoms with Gasteiger partial charge in [-0.3, -0.25) is 4.98 Å². The molecule has 0 aliphatic carbocycles. The van der Waals surface area contributed by atoms with Crippen LogP contribution in [0.1, 0.15) is 27.8 Å². The van der Waals surface area contributed by atoms with Crippen LogP contribution in [0.25, 0.3) is 71.7 Å². The molecule has 1 aliphatic rings. The second-order valence-electron chi connectivity index (χ2n) is 13.5. The Labute approximate surface area is 309 Å². The molecule has 0 N–H and O–H groups in total. The van der Waals surface area contributed by atoms with Crippen molar-refractivity contribution in [3.8, 4) is 11.3 Å². The second kappa shape index (κ2) is 13.3. The van der Waals surface area contributed by atoms with E-state index in [1.807, 2.05) is 18.3 Å². The van der Waals surface area contributed by atoms with E-state index in [2.05, 4.69) is 178 Å². The second-order valence-corrected chi connectivity index (χ2v) is 13.5. The Bertz CT molecular complexity index is 2910. The monoisotopic (exact) mass is 676 g/mol. The molecule has 2 heteroatoms. The first-order valence-corrected chi connectivity index (χ1v) is 18.0. The van der Waals surface area contributed by atoms with E-state index < -0.39 is 0 Å². The topological polar surface area (TPSA) is 25.2 Å². The van der Waals surface area contributed by atoms with Gasteiger partial charge in [-0.1, -0.05) is 153 Å². The molecule has 1 aromatic heterocycles. The molecule has 1 aliphatic heterocycles. The van der Waals surface area contributed by atoms with Crippen LogP contribution in [0.15, 0.2) is 194 Å². The fraction of sp³-hybridized carbons (Fsp3) is 0.0196. The highest BCUT2D eigenvalue weighted by Crippen LogP contribution is 2.39. The summed E-state index contributed by atoms with van der Waals surface area (Å²) in [6.45, 7) is 10.8. The summed E-state index contributed by atoms with van der Waals surface area (Å²) in [5, 5.41) is 9.54. The Morgan fingerprint density at radius 1 is 0.566 bits per heavy atom. The lowest BCUT2D eigenvalue weighted by molar-refractivity contribution is 1.36. The van der Waals surface area contributed by atoms with Crippen LogP contribution in [0.5, 0.6) is 0 Å². The quantitative estimate of drug-likeness (QED) is 0.127. The minimum Gasteiger partial charge on any atom is -0.256 e. The van der Waals surface area contributed by atoms with Gasteiger partial charge in [-0.15, -0.1) is 0 Å². The van der Waals surface area contributed by atoms with Crippen molar-refractivity contribution in [2.45, 2.75) is 6.92 Å². The summed E-state index contributed by atoms with van der Waals surface area (Å²) >= 11 is 0. The van der Waals surface area contributed by atoms with Gasteiger partial charge in [0.2, 0.25) is 0 Å². The highest BCUT2D eigenvalue weighted by Gasteiger charge is 2.20. The molecule has 0 bridgehead atoms. The van der Waals surface area contributed by atoms with E-state index in [4.69, 9.17) is 9.98 Å². The number of aromatic nitrogens is 1. The number of allylic oxidation sites excluding steroid dienone is 6. The Balaban J connectivity index is 1.27. The average Bonchev–Trinajstić information content (AvgIpc) is 3.38. The molecule has 250 valence electrons. The zero-order valence-corrected chi connectivity index (χ0v) is 29.6. The fourth-order valence-corrected chi connectivity index (χ4v) is 7.78. The summed E-state index contributed by atoms with van der Waals surface area (Å²) in [5.74, 6) is 0. The lowest BCUT2D eigenvalue weighted by Crippen LogP contribution is -2.03. The van der Waals surface area contributed by atoms with Gasteiger partial charge >= 0.3 is 0 Å². The van der Waals surface area contributed by atoms with Crippen molar-refractivity contribution >= 4 is 66.1 Å². The van der Waals surface area contributed by atoms with Crippen molar-refractivity contribution in [3.63, 3.8) is 0 Å². The van der Waals surface area contributed by atoms with Gasteiger partial charge in [0.15, 0.2) is 0 Å². The fourth-order valence-electron chi connectivity index (χ4n) is 7.78. The van der Waals surface area contributed by atoms with Gasteiger partial charge in [-0.2, -0.15) is 0 Å². The van der Waals surface area contributed by atoms with E-state index in [1.165, 1.54) is 43.3 Å². The van der Waals surface area contributed by atoms with Crippen molar-refractivity contribution in [3.05, 3.63) is 217 Å². The van der Waals surface area contributed by atoms with E-state index >= 15 is 0 Å². The van der Waals surface area contributed by atoms with Crippen LogP contribution >= 0.6 is 0 Å². The van der Waals surface area contributed by atoms with Gasteiger partial charge < -0.3 is 0 Å². The van der Waals surface area contributed by atoms with Crippen LogP contribution in [-0.2, 0) is 0 Å². The molecule has 53 heavy (non-hydrogen) atoms. The smallest absolute Gasteiger partial charge is 0.0780 e. The molecule has 8 aromatic rings. The summed E-state index contributed by atoms with van der Waals surface area (Å²) in [6, 6.07) is 49.5. The molecule has 0 fully saturated rings. The van der Waals surface area contributed by atoms with Gasteiger partial charge in [0.1, 0.15) is 0 Å². The Kier molecular flexibility index (Phi) is 8.06. The highest BCUT2D eigenvalue weighted by molar-refractivity contribution is 6.20. The number of aliphatic imine (C=N–C) groups is 1. The van der Waals surface area contributed by atoms with Crippen LogP contribution in [0.2, 0.25) is 0 Å². The number of rotatable bonds is 6. The molecule has 7 aromatic carbocycles. The van der Waals surface area contributed by atoms with Crippen LogP contribution in [0.4, 0.5) is 0 Å². The van der Waals surface area contributed by atoms with Crippen molar-refractivity contribution in [2.75, 3.05) is 0 Å². The largest absolute Gasteiger partial charge is 0.256 e. The third-order valence-corrected chi connectivity index (χ3v) is 10.4. The lowest BCUT2D eigenvalue weighted by atomic mass is 9.90. The Morgan fingerprint density at radius 2 is 1.17 bits per heavy atom. The third kappa shape index (κ3) is 5.71. The van der Waals surface area contributed by atoms with E-state index in [9.17, 15) is 0 Å². The van der Waals surface area contributed by atoms with E-state index in [1.54, 1.807) is 0 Å². The first-order chi connectivity index (χ1) is 26.1. The zero-order chi connectivity index (χ0) is 35.9. The summed E-state index contributed by atoms with van der Waals surface area (Å²) in [5.41, 5.74) is 11.1. The number of aryl methyl sites for hydroxylation is 1. The maximum absolute atomic E-state index is 5.53. The molecule has 0 spiro atoms. The molecule has 2 nitrogen and oxygen atoms in total. The Morgan fingerprint density at radius 3 is 1.92 bits per heavy atom. The maximum atomic E-state index is 5.53. The molecule has 0 amide bonds. The van der Waals surface area contributed by atoms with E-state index in [0.717, 1.165) is 61.5 Å². The molecule has 0 saturated heterocycles. The standard InChI is InChI=1S/C51H36N2/c1-4-5-17-42-34(3)41-18-9-7-15-38(41)31-48(42)49-32-40(47-30-39-16-8-10-19-43(39)45-21-12-13-22-46(45)47)29-33(2)50(53-49)36-23-25-37(26-24-36)51-44-20-11-6-14-35(44)27-28-52-51/h4-32H,1-2H2,3H3/b17-5-. The Hall–Kier alpha value is -6.90. The summed E-state index contributed by atoms with van der Waals surface area (Å²) in [4.78, 5) is 10.3. The number of hydrogen-bond donors (Lipinski definition) is 0. The number of pyridine rings is 1. The molecule has 9 rings (SSSR count). The van der Waals surface area contributed by atoms with E-state index in [0.29, 0.717) is 0 Å². The van der Waals surface area contributed by atoms with Crippen LogP contribution in [-0.4, -0.2) is 10.7 Å². The van der Waals surface area contributed by atoms with E-state index in [-0.39, 0.29) is 0 Å². The SMILES string of the molecule is C=C/C=C\c1c(C2=CC(c3cc4ccccc4c4ccccc34)=CC(=C)C(c3ccc(-c4nccc5ccccc45)cc3)=N2)cc2ccccc2c1C. The predicted octanol–water partition coefficient (Wildman–Crippen LogP) is 13.4. The predicted molar refractivity (Wildman–Crippen MR) is 228 cm³/mol. The van der Waals surface area contributed by atoms with Gasteiger partial charge in [0, 0.05) is 28.3 Å². The number of fused-ring (bicyclic) bond motifs is 5. The summed E-state index contributed by atoms with van der Waals surface area (Å²) in [7, 11) is 0. The average molecular weight is 677 g/mol. The lowest BCUT2D eigenvalue weighted by Gasteiger charge is -2.16. The first-order valence-electron chi connectivity index (χ1n) is 18.0. The minimum absolute atomic E-state index is 0.832. The number of benzene rings is 7. The van der Waals surface area contributed by atoms with Crippen molar-refractivity contribution in [1.29, 1.82) is 0 Å². The van der Waals surface area contributed by atoms with Gasteiger partial charge in [-0.05, 0) is 103 Å². The normalized spacial score (nSPS) is 13.4. The van der Waals surface area contributed by atoms with Crippen molar-refractivity contribution < 1.29 is 0 Å². The molecular formula is C51H36N2. The summed E-state index contributed by atoms with van der Waals surface area (Å²) in [6.07, 6.45) is 12.3. The summed E-state index contributed by atoms with van der Waals surface area (Å²) < 4.78 is 0. The van der Waals surface area contributed by atoms with Crippen LogP contribution < -0.4 is 0 Å². The van der Waals surface area contributed by atoms with Crippen LogP contribution in [0, 0.1) is 6.92 Å². The third-order valence-electron chi connectivity index (χ3n) is 10.4. The van der Waals surface area contributed by atoms with Crippen LogP contribution in [0.3, 0.4) is 0 Å². The molecule has 0 radical (unpaired) electrons. The first kappa shape index (κ1) is 32.0. The minimum atomic E-state index is 0.832. The van der Waals surface area contributed by atoms with Gasteiger partial charge in [0.05, 0.1) is 17.1 Å². The molecule has 0 unspecified atom stereocenters. The zero-order valence-electron chi connectivity index (χ0n) is 29.6. The number of nitrogens with zero attached hydrogens (tertiary/aromatic N) is 2. The molecule has 2 heterocycles. The molecular weight excluding hydrogens is 641 g/mol. The number of hydrogen-bond acceptors (Lipinski definition) is 2. The molecule has 0 atom stereocenters. The maximum Gasteiger partial charge on any atom is 0.0780 e. The van der Waals surface area contributed by atoms with Crippen molar-refractivity contribution in [1.82, 2.24) is 4.98 Å². The van der Waals surface area contributed by atoms with Gasteiger partial charge in [0.25, 0.3) is 0 Å².